The van der Waals surface area contributed by atoms with Crippen molar-refractivity contribution in [2.45, 2.75) is 11.8 Å². The summed E-state index contributed by atoms with van der Waals surface area (Å²) in [5.41, 5.74) is 0.398. The van der Waals surface area contributed by atoms with Gasteiger partial charge in [-0.2, -0.15) is 0 Å². The SMILES string of the molecule is CCOc1ccc(NS(=O)(=O)c2c(Cl)cccc2Cl)cc1. The fourth-order valence-electron chi connectivity index (χ4n) is 1.73. The van der Waals surface area contributed by atoms with Gasteiger partial charge in [-0.3, -0.25) is 4.72 Å². The van der Waals surface area contributed by atoms with Gasteiger partial charge in [0.25, 0.3) is 10.0 Å². The summed E-state index contributed by atoms with van der Waals surface area (Å²) in [6.45, 7) is 2.41. The molecule has 2 aromatic carbocycles. The topological polar surface area (TPSA) is 55.4 Å². The molecule has 0 fully saturated rings. The van der Waals surface area contributed by atoms with E-state index in [0.717, 1.165) is 0 Å². The summed E-state index contributed by atoms with van der Waals surface area (Å²) in [5.74, 6) is 0.663. The molecule has 21 heavy (non-hydrogen) atoms. The first kappa shape index (κ1) is 15.9. The second kappa shape index (κ2) is 6.56. The Hall–Kier alpha value is -1.43. The lowest BCUT2D eigenvalue weighted by atomic mass is 10.3. The van der Waals surface area contributed by atoms with E-state index in [-0.39, 0.29) is 14.9 Å². The molecule has 0 amide bonds. The average Bonchev–Trinajstić information content (AvgIpc) is 2.40. The number of nitrogens with one attached hydrogen (secondary N) is 1. The summed E-state index contributed by atoms with van der Waals surface area (Å²) in [6.07, 6.45) is 0. The number of benzene rings is 2. The predicted molar refractivity (Wildman–Crippen MR) is 84.9 cm³/mol. The molecule has 0 aliphatic rings. The van der Waals surface area contributed by atoms with E-state index in [1.165, 1.54) is 12.1 Å². The minimum atomic E-state index is -3.85. The zero-order valence-corrected chi connectivity index (χ0v) is 13.5. The first-order valence-corrected chi connectivity index (χ1v) is 8.37. The lowest BCUT2D eigenvalue weighted by Crippen LogP contribution is -2.14. The largest absolute Gasteiger partial charge is 0.494 e. The van der Waals surface area contributed by atoms with Crippen LogP contribution in [0.15, 0.2) is 47.4 Å². The molecule has 112 valence electrons. The van der Waals surface area contributed by atoms with Crippen LogP contribution in [0.2, 0.25) is 10.0 Å². The van der Waals surface area contributed by atoms with E-state index in [2.05, 4.69) is 4.72 Å². The Kier molecular flexibility index (Phi) is 4.98. The summed E-state index contributed by atoms with van der Waals surface area (Å²) in [5, 5.41) is 0.141. The molecule has 0 radical (unpaired) electrons. The summed E-state index contributed by atoms with van der Waals surface area (Å²) < 4.78 is 32.4. The molecule has 2 aromatic rings. The van der Waals surface area contributed by atoms with Crippen LogP contribution in [0.5, 0.6) is 5.75 Å². The van der Waals surface area contributed by atoms with E-state index < -0.39 is 10.0 Å². The molecule has 7 heteroatoms. The van der Waals surface area contributed by atoms with Gasteiger partial charge in [-0.05, 0) is 43.3 Å². The maximum absolute atomic E-state index is 12.3. The first-order chi connectivity index (χ1) is 9.94. The molecule has 4 nitrogen and oxygen atoms in total. The monoisotopic (exact) mass is 345 g/mol. The van der Waals surface area contributed by atoms with Gasteiger partial charge in [0.2, 0.25) is 0 Å². The third kappa shape index (κ3) is 3.81. The van der Waals surface area contributed by atoms with E-state index in [0.29, 0.717) is 18.0 Å². The van der Waals surface area contributed by atoms with Gasteiger partial charge >= 0.3 is 0 Å². The lowest BCUT2D eigenvalue weighted by molar-refractivity contribution is 0.340. The van der Waals surface area contributed by atoms with Crippen molar-refractivity contribution in [3.63, 3.8) is 0 Å². The third-order valence-corrected chi connectivity index (χ3v) is 4.94. The highest BCUT2D eigenvalue weighted by Gasteiger charge is 2.21. The van der Waals surface area contributed by atoms with Crippen LogP contribution in [0.25, 0.3) is 0 Å². The van der Waals surface area contributed by atoms with Gasteiger partial charge in [-0.25, -0.2) is 8.42 Å². The Balaban J connectivity index is 2.29. The Morgan fingerprint density at radius 1 is 1.05 bits per heavy atom. The van der Waals surface area contributed by atoms with Gasteiger partial charge in [0.15, 0.2) is 0 Å². The van der Waals surface area contributed by atoms with Crippen LogP contribution in [0.4, 0.5) is 5.69 Å². The standard InChI is InChI=1S/C14H13Cl2NO3S/c1-2-20-11-8-6-10(7-9-11)17-21(18,19)14-12(15)4-3-5-13(14)16/h3-9,17H,2H2,1H3. The highest BCUT2D eigenvalue weighted by molar-refractivity contribution is 7.93. The molecule has 0 aliphatic heterocycles. The molecule has 0 atom stereocenters. The number of halogens is 2. The molecule has 0 aromatic heterocycles. The van der Waals surface area contributed by atoms with Crippen LogP contribution in [-0.4, -0.2) is 15.0 Å². The van der Waals surface area contributed by atoms with E-state index in [4.69, 9.17) is 27.9 Å². The molecular weight excluding hydrogens is 333 g/mol. The van der Waals surface area contributed by atoms with Crippen molar-refractivity contribution < 1.29 is 13.2 Å². The molecule has 0 aliphatic carbocycles. The fraction of sp³-hybridized carbons (Fsp3) is 0.143. The second-order valence-corrected chi connectivity index (χ2v) is 6.55. The third-order valence-electron chi connectivity index (χ3n) is 2.61. The number of ether oxygens (including phenoxy) is 1. The van der Waals surface area contributed by atoms with Crippen molar-refractivity contribution in [2.75, 3.05) is 11.3 Å². The van der Waals surface area contributed by atoms with Crippen molar-refractivity contribution in [2.24, 2.45) is 0 Å². The molecular formula is C14H13Cl2NO3S. The maximum atomic E-state index is 12.3. The van der Waals surface area contributed by atoms with Crippen LogP contribution >= 0.6 is 23.2 Å². The van der Waals surface area contributed by atoms with Crippen LogP contribution < -0.4 is 9.46 Å². The Bertz CT molecular complexity index is 710. The zero-order valence-electron chi connectivity index (χ0n) is 11.1. The molecule has 0 saturated carbocycles. The number of hydrogen-bond acceptors (Lipinski definition) is 3. The number of sulfonamides is 1. The van der Waals surface area contributed by atoms with Gasteiger partial charge < -0.3 is 4.74 Å². The van der Waals surface area contributed by atoms with Crippen LogP contribution in [0.1, 0.15) is 6.92 Å². The van der Waals surface area contributed by atoms with Gasteiger partial charge in [0.05, 0.1) is 16.7 Å². The molecule has 0 spiro atoms. The van der Waals surface area contributed by atoms with E-state index in [1.807, 2.05) is 6.92 Å². The molecule has 0 heterocycles. The molecule has 1 N–H and O–H groups in total. The molecule has 0 bridgehead atoms. The van der Waals surface area contributed by atoms with Crippen LogP contribution in [0.3, 0.4) is 0 Å². The van der Waals surface area contributed by atoms with Crippen molar-refractivity contribution in [1.82, 2.24) is 0 Å². The van der Waals surface area contributed by atoms with Gasteiger partial charge in [0, 0.05) is 5.69 Å². The van der Waals surface area contributed by atoms with E-state index >= 15 is 0 Å². The number of rotatable bonds is 5. The Morgan fingerprint density at radius 2 is 1.62 bits per heavy atom. The van der Waals surface area contributed by atoms with Gasteiger partial charge in [-0.15, -0.1) is 0 Å². The maximum Gasteiger partial charge on any atom is 0.264 e. The lowest BCUT2D eigenvalue weighted by Gasteiger charge is -2.11. The van der Waals surface area contributed by atoms with E-state index in [9.17, 15) is 8.42 Å². The predicted octanol–water partition coefficient (Wildman–Crippen LogP) is 4.19. The van der Waals surface area contributed by atoms with Crippen molar-refractivity contribution >= 4 is 38.9 Å². The Labute approximate surface area is 133 Å². The minimum Gasteiger partial charge on any atom is -0.494 e. The molecule has 2 rings (SSSR count). The highest BCUT2D eigenvalue weighted by Crippen LogP contribution is 2.30. The van der Waals surface area contributed by atoms with Crippen LogP contribution in [0, 0.1) is 0 Å². The zero-order chi connectivity index (χ0) is 15.5. The average molecular weight is 346 g/mol. The van der Waals surface area contributed by atoms with Crippen molar-refractivity contribution in [1.29, 1.82) is 0 Å². The summed E-state index contributed by atoms with van der Waals surface area (Å²) in [7, 11) is -3.85. The van der Waals surface area contributed by atoms with Crippen molar-refractivity contribution in [3.05, 3.63) is 52.5 Å². The smallest absolute Gasteiger partial charge is 0.264 e. The normalized spacial score (nSPS) is 11.2. The molecule has 0 unspecified atom stereocenters. The van der Waals surface area contributed by atoms with Crippen molar-refractivity contribution in [3.8, 4) is 5.75 Å². The second-order valence-electron chi connectivity index (χ2n) is 4.11. The summed E-state index contributed by atoms with van der Waals surface area (Å²) in [4.78, 5) is -0.137. The van der Waals surface area contributed by atoms with Gasteiger partial charge in [-0.1, -0.05) is 29.3 Å². The van der Waals surface area contributed by atoms with Crippen LogP contribution in [-0.2, 0) is 10.0 Å². The number of anilines is 1. The van der Waals surface area contributed by atoms with E-state index in [1.54, 1.807) is 30.3 Å². The minimum absolute atomic E-state index is 0.0703. The first-order valence-electron chi connectivity index (χ1n) is 6.13. The Morgan fingerprint density at radius 3 is 2.14 bits per heavy atom. The molecule has 0 saturated heterocycles. The van der Waals surface area contributed by atoms with Gasteiger partial charge in [0.1, 0.15) is 10.6 Å². The summed E-state index contributed by atoms with van der Waals surface area (Å²) >= 11 is 11.8. The summed E-state index contributed by atoms with van der Waals surface area (Å²) in [6, 6.07) is 11.1. The quantitative estimate of drug-likeness (QED) is 0.883. The fourth-order valence-corrected chi connectivity index (χ4v) is 3.94. The number of hydrogen-bond donors (Lipinski definition) is 1. The highest BCUT2D eigenvalue weighted by atomic mass is 35.5.